The zero-order valence-corrected chi connectivity index (χ0v) is 10.3. The summed E-state index contributed by atoms with van der Waals surface area (Å²) >= 11 is 0. The van der Waals surface area contributed by atoms with Crippen LogP contribution in [0.2, 0.25) is 0 Å². The van der Waals surface area contributed by atoms with Crippen molar-refractivity contribution in [3.8, 4) is 0 Å². The number of nitrogens with one attached hydrogen (secondary N) is 2. The monoisotopic (exact) mass is 238 g/mol. The zero-order valence-electron chi connectivity index (χ0n) is 9.46. The van der Waals surface area contributed by atoms with Crippen LogP contribution in [0.4, 0.5) is 4.79 Å². The molecule has 0 unspecified atom stereocenters. The van der Waals surface area contributed by atoms with Crippen molar-refractivity contribution in [3.63, 3.8) is 0 Å². The van der Waals surface area contributed by atoms with Gasteiger partial charge in [-0.15, -0.1) is 0 Å². The molecule has 0 spiro atoms. The van der Waals surface area contributed by atoms with Crippen LogP contribution in [0.25, 0.3) is 0 Å². The van der Waals surface area contributed by atoms with Crippen molar-refractivity contribution in [1.82, 2.24) is 10.0 Å². The molecule has 0 aromatic heterocycles. The first kappa shape index (κ1) is 14.2. The van der Waals surface area contributed by atoms with Gasteiger partial charge in [0.2, 0.25) is 10.0 Å². The van der Waals surface area contributed by atoms with E-state index in [0.717, 1.165) is 0 Å². The maximum Gasteiger partial charge on any atom is 0.407 e. The van der Waals surface area contributed by atoms with Crippen LogP contribution in [0.5, 0.6) is 0 Å². The molecule has 0 saturated heterocycles. The van der Waals surface area contributed by atoms with E-state index in [2.05, 4.69) is 10.0 Å². The largest absolute Gasteiger partial charge is 0.444 e. The first-order valence-corrected chi connectivity index (χ1v) is 6.19. The second-order valence-electron chi connectivity index (χ2n) is 3.95. The molecule has 0 aromatic carbocycles. The van der Waals surface area contributed by atoms with E-state index in [1.165, 1.54) is 7.05 Å². The Bertz CT molecular complexity index is 305. The summed E-state index contributed by atoms with van der Waals surface area (Å²) in [5.41, 5.74) is -0.577. The maximum absolute atomic E-state index is 11.1. The molecule has 1 amide bonds. The third-order valence-corrected chi connectivity index (χ3v) is 2.71. The van der Waals surface area contributed by atoms with Crippen molar-refractivity contribution in [2.24, 2.45) is 0 Å². The highest BCUT2D eigenvalue weighted by Crippen LogP contribution is 2.05. The number of alkyl carbamates (subject to hydrolysis) is 1. The van der Waals surface area contributed by atoms with Gasteiger partial charge >= 0.3 is 6.09 Å². The fourth-order valence-electron chi connectivity index (χ4n) is 0.704. The highest BCUT2D eigenvalue weighted by atomic mass is 32.2. The normalized spacial score (nSPS) is 12.3. The Labute approximate surface area is 90.4 Å². The van der Waals surface area contributed by atoms with Gasteiger partial charge in [0.15, 0.2) is 0 Å². The number of amides is 1. The number of rotatable bonds is 4. The summed E-state index contributed by atoms with van der Waals surface area (Å²) in [6.45, 7) is 5.23. The van der Waals surface area contributed by atoms with E-state index < -0.39 is 21.7 Å². The minimum atomic E-state index is -3.28. The van der Waals surface area contributed by atoms with Gasteiger partial charge < -0.3 is 10.1 Å². The molecule has 6 nitrogen and oxygen atoms in total. The first-order valence-electron chi connectivity index (χ1n) is 4.54. The Morgan fingerprint density at radius 3 is 2.27 bits per heavy atom. The third-order valence-electron chi connectivity index (χ3n) is 1.35. The highest BCUT2D eigenvalue weighted by molar-refractivity contribution is 7.89. The molecule has 2 N–H and O–H groups in total. The van der Waals surface area contributed by atoms with Crippen LogP contribution in [0.3, 0.4) is 0 Å². The summed E-state index contributed by atoms with van der Waals surface area (Å²) in [4.78, 5) is 11.1. The van der Waals surface area contributed by atoms with Crippen molar-refractivity contribution in [1.29, 1.82) is 0 Å². The average Bonchev–Trinajstić information content (AvgIpc) is 2.00. The predicted molar refractivity (Wildman–Crippen MR) is 57.1 cm³/mol. The first-order chi connectivity index (χ1) is 6.66. The highest BCUT2D eigenvalue weighted by Gasteiger charge is 2.16. The Hall–Kier alpha value is -0.820. The average molecular weight is 238 g/mol. The Balaban J connectivity index is 3.84. The molecule has 0 aromatic rings. The van der Waals surface area contributed by atoms with E-state index >= 15 is 0 Å². The fourth-order valence-corrected chi connectivity index (χ4v) is 1.28. The molecule has 0 heterocycles. The minimum absolute atomic E-state index is 0.0259. The number of ether oxygens (including phenoxy) is 1. The van der Waals surface area contributed by atoms with E-state index in [0.29, 0.717) is 0 Å². The molecule has 0 fully saturated rings. The van der Waals surface area contributed by atoms with Gasteiger partial charge in [0.25, 0.3) is 0 Å². The van der Waals surface area contributed by atoms with Gasteiger partial charge in [0.1, 0.15) is 5.60 Å². The SMILES string of the molecule is CNS(=O)(=O)CCNC(=O)OC(C)(C)C. The Morgan fingerprint density at radius 1 is 1.33 bits per heavy atom. The van der Waals surface area contributed by atoms with Gasteiger partial charge in [-0.1, -0.05) is 0 Å². The molecule has 15 heavy (non-hydrogen) atoms. The van der Waals surface area contributed by atoms with Crippen molar-refractivity contribution in [2.75, 3.05) is 19.3 Å². The van der Waals surface area contributed by atoms with E-state index in [1.54, 1.807) is 20.8 Å². The minimum Gasteiger partial charge on any atom is -0.444 e. The molecule has 0 aliphatic carbocycles. The Morgan fingerprint density at radius 2 is 1.87 bits per heavy atom. The molecular formula is C8H18N2O4S. The van der Waals surface area contributed by atoms with Gasteiger partial charge in [0.05, 0.1) is 5.75 Å². The summed E-state index contributed by atoms with van der Waals surface area (Å²) in [5.74, 6) is -0.164. The molecule has 0 saturated carbocycles. The fraction of sp³-hybridized carbons (Fsp3) is 0.875. The molecular weight excluding hydrogens is 220 g/mol. The maximum atomic E-state index is 11.1. The number of hydrogen-bond donors (Lipinski definition) is 2. The van der Waals surface area contributed by atoms with Crippen LogP contribution in [0.1, 0.15) is 20.8 Å². The van der Waals surface area contributed by atoms with Gasteiger partial charge in [-0.2, -0.15) is 0 Å². The smallest absolute Gasteiger partial charge is 0.407 e. The molecule has 0 atom stereocenters. The van der Waals surface area contributed by atoms with Gasteiger partial charge in [-0.3, -0.25) is 0 Å². The molecule has 0 aliphatic heterocycles. The number of hydrogen-bond acceptors (Lipinski definition) is 4. The summed E-state index contributed by atoms with van der Waals surface area (Å²) in [7, 11) is -1.96. The summed E-state index contributed by atoms with van der Waals surface area (Å²) < 4.78 is 29.0. The molecule has 0 radical (unpaired) electrons. The van der Waals surface area contributed by atoms with E-state index in [1.807, 2.05) is 0 Å². The second kappa shape index (κ2) is 5.32. The molecule has 0 rings (SSSR count). The van der Waals surface area contributed by atoms with Gasteiger partial charge in [-0.05, 0) is 27.8 Å². The lowest BCUT2D eigenvalue weighted by Gasteiger charge is -2.19. The lowest BCUT2D eigenvalue weighted by atomic mass is 10.2. The zero-order chi connectivity index (χ0) is 12.1. The molecule has 7 heteroatoms. The number of carbonyl (C=O) groups excluding carboxylic acids is 1. The lowest BCUT2D eigenvalue weighted by molar-refractivity contribution is 0.0531. The van der Waals surface area contributed by atoms with Crippen LogP contribution >= 0.6 is 0 Å². The predicted octanol–water partition coefficient (Wildman–Crippen LogP) is 0.0603. The third kappa shape index (κ3) is 8.19. The summed E-state index contributed by atoms with van der Waals surface area (Å²) in [6, 6.07) is 0. The summed E-state index contributed by atoms with van der Waals surface area (Å²) in [5, 5.41) is 2.35. The lowest BCUT2D eigenvalue weighted by Crippen LogP contribution is -2.36. The van der Waals surface area contributed by atoms with Crippen molar-refractivity contribution in [3.05, 3.63) is 0 Å². The summed E-state index contributed by atoms with van der Waals surface area (Å²) in [6.07, 6.45) is -0.617. The van der Waals surface area contributed by atoms with Crippen molar-refractivity contribution in [2.45, 2.75) is 26.4 Å². The van der Waals surface area contributed by atoms with Crippen LogP contribution in [0.15, 0.2) is 0 Å². The van der Waals surface area contributed by atoms with Crippen LogP contribution in [-0.4, -0.2) is 39.5 Å². The molecule has 0 aliphatic rings. The molecule has 0 bridgehead atoms. The topological polar surface area (TPSA) is 84.5 Å². The van der Waals surface area contributed by atoms with Crippen LogP contribution in [-0.2, 0) is 14.8 Å². The quantitative estimate of drug-likeness (QED) is 0.725. The number of sulfonamides is 1. The van der Waals surface area contributed by atoms with Gasteiger partial charge in [0, 0.05) is 6.54 Å². The van der Waals surface area contributed by atoms with Gasteiger partial charge in [-0.25, -0.2) is 17.9 Å². The van der Waals surface area contributed by atoms with Crippen molar-refractivity contribution >= 4 is 16.1 Å². The van der Waals surface area contributed by atoms with Crippen LogP contribution < -0.4 is 10.0 Å². The van der Waals surface area contributed by atoms with Crippen LogP contribution in [0, 0.1) is 0 Å². The van der Waals surface area contributed by atoms with E-state index in [9.17, 15) is 13.2 Å². The van der Waals surface area contributed by atoms with E-state index in [-0.39, 0.29) is 12.3 Å². The molecule has 90 valence electrons. The van der Waals surface area contributed by atoms with E-state index in [4.69, 9.17) is 4.74 Å². The van der Waals surface area contributed by atoms with Crippen molar-refractivity contribution < 1.29 is 17.9 Å². The second-order valence-corrected chi connectivity index (χ2v) is 6.00. The number of carbonyl (C=O) groups is 1. The standard InChI is InChI=1S/C8H18N2O4S/c1-8(2,3)14-7(11)10-5-6-15(12,13)9-4/h9H,5-6H2,1-4H3,(H,10,11). The Kier molecular flexibility index (Phi) is 5.02.